The first-order valence-electron chi connectivity index (χ1n) is 12.2. The van der Waals surface area contributed by atoms with Gasteiger partial charge in [0.15, 0.2) is 5.82 Å². The van der Waals surface area contributed by atoms with Gasteiger partial charge in [0.05, 0.1) is 12.7 Å². The van der Waals surface area contributed by atoms with Crippen LogP contribution in [0.15, 0.2) is 11.2 Å². The lowest BCUT2D eigenvalue weighted by molar-refractivity contribution is -0.131. The van der Waals surface area contributed by atoms with Crippen molar-refractivity contribution in [3.8, 4) is 0 Å². The first kappa shape index (κ1) is 25.4. The van der Waals surface area contributed by atoms with Gasteiger partial charge in [-0.3, -0.25) is 9.59 Å². The Morgan fingerprint density at radius 3 is 2.71 bits per heavy atom. The van der Waals surface area contributed by atoms with E-state index in [2.05, 4.69) is 30.3 Å². The van der Waals surface area contributed by atoms with Crippen LogP contribution in [0.3, 0.4) is 0 Å². The topological polar surface area (TPSA) is 129 Å². The number of likely N-dealkylation sites (tertiary alicyclic amines) is 1. The predicted octanol–water partition coefficient (Wildman–Crippen LogP) is 2.12. The lowest BCUT2D eigenvalue weighted by Crippen LogP contribution is -2.39. The van der Waals surface area contributed by atoms with E-state index in [1.54, 1.807) is 6.21 Å². The average Bonchev–Trinajstić information content (AvgIpc) is 3.59. The molecule has 3 N–H and O–H groups in total. The second kappa shape index (κ2) is 11.8. The summed E-state index contributed by atoms with van der Waals surface area (Å²) in [5.74, 6) is 0.411. The Hall–Kier alpha value is -2.73. The van der Waals surface area contributed by atoms with E-state index in [9.17, 15) is 23.5 Å². The zero-order valence-corrected chi connectivity index (χ0v) is 19.5. The molecule has 3 fully saturated rings. The van der Waals surface area contributed by atoms with Crippen molar-refractivity contribution in [2.75, 3.05) is 31.6 Å². The molecule has 12 heteroatoms. The van der Waals surface area contributed by atoms with Crippen LogP contribution >= 0.6 is 0 Å². The number of alkyl halides is 2. The number of nitrogens with one attached hydrogen (secondary N) is 2. The lowest BCUT2D eigenvalue weighted by Gasteiger charge is -2.22. The third-order valence-electron chi connectivity index (χ3n) is 6.55. The molecule has 2 amide bonds. The van der Waals surface area contributed by atoms with Crippen LogP contribution in [0.2, 0.25) is 0 Å². The third-order valence-corrected chi connectivity index (χ3v) is 6.55. The first-order chi connectivity index (χ1) is 16.9. The predicted molar refractivity (Wildman–Crippen MR) is 124 cm³/mol. The highest BCUT2D eigenvalue weighted by molar-refractivity contribution is 5.98. The molecule has 0 bridgehead atoms. The quantitative estimate of drug-likeness (QED) is 0.336. The summed E-state index contributed by atoms with van der Waals surface area (Å²) >= 11 is 0. The number of ether oxygens (including phenoxy) is 1. The van der Waals surface area contributed by atoms with Crippen molar-refractivity contribution in [2.45, 2.75) is 63.7 Å². The number of hydrogen-bond donors (Lipinski definition) is 3. The Balaban J connectivity index is 1.41. The monoisotopic (exact) mass is 494 g/mol. The fourth-order valence-corrected chi connectivity index (χ4v) is 4.38. The maximum atomic E-state index is 13.1. The van der Waals surface area contributed by atoms with Gasteiger partial charge in [0, 0.05) is 44.0 Å². The molecule has 0 unspecified atom stereocenters. The molecule has 192 valence electrons. The smallest absolute Gasteiger partial charge is 0.345 e. The number of anilines is 1. The van der Waals surface area contributed by atoms with Crippen molar-refractivity contribution < 1.29 is 28.2 Å². The molecule has 0 aromatic carbocycles. The molecule has 1 aromatic heterocycles. The number of aliphatic hydroxyl groups is 1. The number of rotatable bonds is 10. The maximum Gasteiger partial charge on any atom is 0.345 e. The van der Waals surface area contributed by atoms with Crippen molar-refractivity contribution >= 4 is 29.8 Å². The minimum Gasteiger partial charge on any atom is -0.393 e. The molecule has 4 rings (SSSR count). The second-order valence-corrected chi connectivity index (χ2v) is 9.35. The van der Waals surface area contributed by atoms with Crippen LogP contribution in [0.5, 0.6) is 0 Å². The van der Waals surface area contributed by atoms with E-state index >= 15 is 0 Å². The normalized spacial score (nSPS) is 24.8. The fraction of sp³-hybridized carbons (Fsp3) is 0.696. The molecule has 0 radical (unpaired) electrons. The van der Waals surface area contributed by atoms with E-state index in [4.69, 9.17) is 0 Å². The Morgan fingerprint density at radius 2 is 2.00 bits per heavy atom. The highest BCUT2D eigenvalue weighted by atomic mass is 19.3. The molecule has 1 aliphatic heterocycles. The van der Waals surface area contributed by atoms with Gasteiger partial charge in [-0.25, -0.2) is 9.98 Å². The van der Waals surface area contributed by atoms with Crippen LogP contribution < -0.4 is 10.6 Å². The van der Waals surface area contributed by atoms with Gasteiger partial charge in [-0.1, -0.05) is 0 Å². The molecule has 2 aliphatic carbocycles. The van der Waals surface area contributed by atoms with Gasteiger partial charge in [-0.05, 0) is 50.9 Å². The van der Waals surface area contributed by atoms with Gasteiger partial charge in [0.2, 0.25) is 11.9 Å². The average molecular weight is 495 g/mol. The highest BCUT2D eigenvalue weighted by Gasteiger charge is 2.37. The van der Waals surface area contributed by atoms with Gasteiger partial charge < -0.3 is 25.4 Å². The van der Waals surface area contributed by atoms with Gasteiger partial charge in [0.1, 0.15) is 5.56 Å². The number of aliphatic imine (C=N–C) groups is 1. The minimum atomic E-state index is -2.86. The summed E-state index contributed by atoms with van der Waals surface area (Å²) in [6.45, 7) is -1.92. The Kier molecular flexibility index (Phi) is 8.55. The van der Waals surface area contributed by atoms with Gasteiger partial charge in [0.25, 0.3) is 5.91 Å². The molecule has 35 heavy (non-hydrogen) atoms. The first-order valence-corrected chi connectivity index (χ1v) is 12.2. The van der Waals surface area contributed by atoms with E-state index in [-0.39, 0.29) is 66.3 Å². The largest absolute Gasteiger partial charge is 0.393 e. The summed E-state index contributed by atoms with van der Waals surface area (Å²) in [7, 11) is 0. The number of nitrogens with zero attached hydrogens (tertiary/aromatic N) is 4. The number of hydrogen-bond acceptors (Lipinski definition) is 8. The summed E-state index contributed by atoms with van der Waals surface area (Å²) in [6, 6.07) is -0.161. The van der Waals surface area contributed by atoms with Gasteiger partial charge in [-0.15, -0.1) is 0 Å². The standard InChI is InChI=1S/C23H32F2N6O4/c24-22(25)35-10-8-26-23-28-12-18(19(30-23)27-11-14-1-5-17(32)6-2-14)20(33)29-16-7-9-31(13-16)21(34)15-3-4-15/h11-12,14-17,22,32H,1-10,13H2,(H,29,33)(H,26,28,30)/t14?,16-,17?/m0/s1. The number of carbonyl (C=O) groups excluding carboxylic acids is 2. The van der Waals surface area contributed by atoms with E-state index in [0.717, 1.165) is 25.7 Å². The molecule has 3 aliphatic rings. The van der Waals surface area contributed by atoms with Crippen molar-refractivity contribution in [3.05, 3.63) is 11.8 Å². The van der Waals surface area contributed by atoms with E-state index < -0.39 is 6.61 Å². The van der Waals surface area contributed by atoms with Gasteiger partial charge in [-0.2, -0.15) is 13.8 Å². The third kappa shape index (κ3) is 7.38. The second-order valence-electron chi connectivity index (χ2n) is 9.35. The van der Waals surface area contributed by atoms with E-state index in [1.165, 1.54) is 6.20 Å². The van der Waals surface area contributed by atoms with Crippen LogP contribution in [-0.2, 0) is 9.53 Å². The van der Waals surface area contributed by atoms with E-state index in [1.807, 2.05) is 4.90 Å². The molecular formula is C23H32F2N6O4. The highest BCUT2D eigenvalue weighted by Crippen LogP contribution is 2.32. The summed E-state index contributed by atoms with van der Waals surface area (Å²) in [4.78, 5) is 40.1. The van der Waals surface area contributed by atoms with Crippen LogP contribution in [-0.4, -0.2) is 83.0 Å². The SMILES string of the molecule is O=C(N[C@H]1CCN(C(=O)C2CC2)C1)c1cnc(NCCOC(F)F)nc1N=CC1CCC(O)CC1. The lowest BCUT2D eigenvalue weighted by atomic mass is 9.88. The summed E-state index contributed by atoms with van der Waals surface area (Å²) in [5.41, 5.74) is 0.193. The van der Waals surface area contributed by atoms with Crippen LogP contribution in [0.25, 0.3) is 0 Å². The van der Waals surface area contributed by atoms with Crippen LogP contribution in [0.1, 0.15) is 55.3 Å². The number of aliphatic hydroxyl groups excluding tert-OH is 1. The van der Waals surface area contributed by atoms with Crippen LogP contribution in [0.4, 0.5) is 20.5 Å². The number of aromatic nitrogens is 2. The molecule has 10 nitrogen and oxygen atoms in total. The maximum absolute atomic E-state index is 13.1. The van der Waals surface area contributed by atoms with Crippen molar-refractivity contribution in [1.29, 1.82) is 0 Å². The molecule has 1 saturated heterocycles. The Morgan fingerprint density at radius 1 is 1.23 bits per heavy atom. The molecular weight excluding hydrogens is 462 g/mol. The molecule has 1 aromatic rings. The fourth-order valence-electron chi connectivity index (χ4n) is 4.38. The van der Waals surface area contributed by atoms with Crippen molar-refractivity contribution in [3.63, 3.8) is 0 Å². The van der Waals surface area contributed by atoms with Gasteiger partial charge >= 0.3 is 6.61 Å². The van der Waals surface area contributed by atoms with Crippen molar-refractivity contribution in [2.24, 2.45) is 16.8 Å². The van der Waals surface area contributed by atoms with E-state index in [0.29, 0.717) is 32.4 Å². The molecule has 1 atom stereocenters. The molecule has 0 spiro atoms. The summed E-state index contributed by atoms with van der Waals surface area (Å²) < 4.78 is 28.5. The summed E-state index contributed by atoms with van der Waals surface area (Å²) in [5, 5.41) is 15.5. The number of carbonyl (C=O) groups is 2. The zero-order chi connectivity index (χ0) is 24.8. The van der Waals surface area contributed by atoms with Crippen molar-refractivity contribution in [1.82, 2.24) is 20.2 Å². The minimum absolute atomic E-state index is 0.0620. The zero-order valence-electron chi connectivity index (χ0n) is 19.5. The Labute approximate surface area is 202 Å². The number of amides is 2. The van der Waals surface area contributed by atoms with Crippen LogP contribution in [0, 0.1) is 11.8 Å². The number of halogens is 2. The summed E-state index contributed by atoms with van der Waals surface area (Å²) in [6.07, 6.45) is 8.37. The molecule has 2 saturated carbocycles. The molecule has 2 heterocycles. The Bertz CT molecular complexity index is 921.